The van der Waals surface area contributed by atoms with Gasteiger partial charge in [-0.1, -0.05) is 30.3 Å². The lowest BCUT2D eigenvalue weighted by Gasteiger charge is -2.14. The van der Waals surface area contributed by atoms with Gasteiger partial charge in [0.25, 0.3) is 0 Å². The molecule has 0 radical (unpaired) electrons. The van der Waals surface area contributed by atoms with Crippen LogP contribution in [0.15, 0.2) is 30.3 Å². The van der Waals surface area contributed by atoms with E-state index < -0.39 is 18.8 Å². The molecule has 94 valence electrons. The third-order valence-corrected chi connectivity index (χ3v) is 2.09. The second-order valence-electron chi connectivity index (χ2n) is 3.51. The molecule has 0 fully saturated rings. The van der Waals surface area contributed by atoms with Gasteiger partial charge in [0.2, 0.25) is 0 Å². The predicted octanol–water partition coefficient (Wildman–Crippen LogP) is 1.90. The molecule has 1 aromatic rings. The number of alkyl carbamates (subject to hydrolysis) is 1. The molecular formula is C12H16FNO3. The standard InChI is InChI=1S/C12H16FNO3/c1-16-9-11(7-13)14-12(15)17-8-10-5-3-2-4-6-10/h2-6,11H,7-9H2,1H3,(H,14,15)/t11-/m0/s1. The fraction of sp³-hybridized carbons (Fsp3) is 0.417. The highest BCUT2D eigenvalue weighted by Gasteiger charge is 2.12. The van der Waals surface area contributed by atoms with Gasteiger partial charge in [0, 0.05) is 7.11 Å². The number of rotatable bonds is 6. The Bertz CT molecular complexity index is 332. The van der Waals surface area contributed by atoms with Crippen molar-refractivity contribution in [3.63, 3.8) is 0 Å². The number of benzene rings is 1. The second-order valence-corrected chi connectivity index (χ2v) is 3.51. The van der Waals surface area contributed by atoms with Crippen LogP contribution in [-0.2, 0) is 16.1 Å². The Labute approximate surface area is 99.7 Å². The van der Waals surface area contributed by atoms with Crippen LogP contribution in [0.3, 0.4) is 0 Å². The monoisotopic (exact) mass is 241 g/mol. The summed E-state index contributed by atoms with van der Waals surface area (Å²) in [6, 6.07) is 8.60. The molecule has 4 nitrogen and oxygen atoms in total. The Balaban J connectivity index is 2.30. The van der Waals surface area contributed by atoms with Gasteiger partial charge in [0.1, 0.15) is 13.3 Å². The number of alkyl halides is 1. The summed E-state index contributed by atoms with van der Waals surface area (Å²) in [5.74, 6) is 0. The number of carbonyl (C=O) groups is 1. The third-order valence-electron chi connectivity index (χ3n) is 2.09. The SMILES string of the molecule is COC[C@H](CF)NC(=O)OCc1ccccc1. The molecule has 0 saturated carbocycles. The maximum absolute atomic E-state index is 12.4. The molecule has 1 amide bonds. The second kappa shape index (κ2) is 7.62. The first-order chi connectivity index (χ1) is 8.26. The zero-order chi connectivity index (χ0) is 12.5. The molecule has 1 atom stereocenters. The number of carbonyl (C=O) groups excluding carboxylic acids is 1. The van der Waals surface area contributed by atoms with Crippen LogP contribution < -0.4 is 5.32 Å². The average Bonchev–Trinajstić information content (AvgIpc) is 2.37. The van der Waals surface area contributed by atoms with Gasteiger partial charge in [-0.2, -0.15) is 0 Å². The van der Waals surface area contributed by atoms with E-state index in [4.69, 9.17) is 9.47 Å². The van der Waals surface area contributed by atoms with Crippen molar-refractivity contribution < 1.29 is 18.7 Å². The van der Waals surface area contributed by atoms with Crippen molar-refractivity contribution in [1.29, 1.82) is 0 Å². The summed E-state index contributed by atoms with van der Waals surface area (Å²) in [5, 5.41) is 2.38. The number of hydrogen-bond acceptors (Lipinski definition) is 3. The smallest absolute Gasteiger partial charge is 0.407 e. The van der Waals surface area contributed by atoms with Gasteiger partial charge in [-0.05, 0) is 5.56 Å². The molecule has 0 aliphatic rings. The van der Waals surface area contributed by atoms with Crippen LogP contribution in [0.25, 0.3) is 0 Å². The minimum absolute atomic E-state index is 0.122. The number of methoxy groups -OCH3 is 1. The number of hydrogen-bond donors (Lipinski definition) is 1. The topological polar surface area (TPSA) is 47.6 Å². The molecule has 0 spiro atoms. The van der Waals surface area contributed by atoms with Crippen LogP contribution >= 0.6 is 0 Å². The average molecular weight is 241 g/mol. The van der Waals surface area contributed by atoms with Gasteiger partial charge in [0.15, 0.2) is 0 Å². The summed E-state index contributed by atoms with van der Waals surface area (Å²) < 4.78 is 22.1. The van der Waals surface area contributed by atoms with Crippen LogP contribution in [0, 0.1) is 0 Å². The van der Waals surface area contributed by atoms with Crippen LogP contribution in [0.4, 0.5) is 9.18 Å². The van der Waals surface area contributed by atoms with Gasteiger partial charge < -0.3 is 14.8 Å². The molecule has 0 saturated heterocycles. The van der Waals surface area contributed by atoms with Gasteiger partial charge in [-0.25, -0.2) is 9.18 Å². The molecule has 1 N–H and O–H groups in total. The van der Waals surface area contributed by atoms with Crippen molar-refractivity contribution in [3.05, 3.63) is 35.9 Å². The summed E-state index contributed by atoms with van der Waals surface area (Å²) in [6.45, 7) is -0.399. The maximum atomic E-state index is 12.4. The highest BCUT2D eigenvalue weighted by Crippen LogP contribution is 2.00. The molecule has 0 heterocycles. The van der Waals surface area contributed by atoms with Crippen molar-refractivity contribution in [3.8, 4) is 0 Å². The van der Waals surface area contributed by atoms with E-state index in [1.807, 2.05) is 30.3 Å². The van der Waals surface area contributed by atoms with E-state index in [0.29, 0.717) is 0 Å². The van der Waals surface area contributed by atoms with Crippen LogP contribution in [0.1, 0.15) is 5.56 Å². The van der Waals surface area contributed by atoms with Gasteiger partial charge in [-0.3, -0.25) is 0 Å². The largest absolute Gasteiger partial charge is 0.445 e. The Kier molecular flexibility index (Phi) is 6.03. The molecular weight excluding hydrogens is 225 g/mol. The summed E-state index contributed by atoms with van der Waals surface area (Å²) in [6.07, 6.45) is -0.645. The van der Waals surface area contributed by atoms with Crippen LogP contribution in [-0.4, -0.2) is 32.5 Å². The Hall–Kier alpha value is -1.62. The van der Waals surface area contributed by atoms with Gasteiger partial charge in [0.05, 0.1) is 12.6 Å². The molecule has 0 aromatic heterocycles. The maximum Gasteiger partial charge on any atom is 0.407 e. The van der Waals surface area contributed by atoms with E-state index in [2.05, 4.69) is 5.32 Å². The minimum Gasteiger partial charge on any atom is -0.445 e. The Morgan fingerprint density at radius 1 is 1.41 bits per heavy atom. The fourth-order valence-corrected chi connectivity index (χ4v) is 1.26. The van der Waals surface area contributed by atoms with Gasteiger partial charge in [-0.15, -0.1) is 0 Å². The molecule has 1 rings (SSSR count). The zero-order valence-electron chi connectivity index (χ0n) is 9.69. The van der Waals surface area contributed by atoms with Crippen molar-refractivity contribution in [2.75, 3.05) is 20.4 Å². The summed E-state index contributed by atoms with van der Waals surface area (Å²) in [5.41, 5.74) is 0.881. The highest BCUT2D eigenvalue weighted by atomic mass is 19.1. The van der Waals surface area contributed by atoms with Crippen molar-refractivity contribution in [2.45, 2.75) is 12.6 Å². The van der Waals surface area contributed by atoms with Crippen LogP contribution in [0.5, 0.6) is 0 Å². The summed E-state index contributed by atoms with van der Waals surface area (Å²) >= 11 is 0. The minimum atomic E-state index is -0.686. The molecule has 17 heavy (non-hydrogen) atoms. The Morgan fingerprint density at radius 2 is 2.12 bits per heavy atom. The van der Waals surface area contributed by atoms with Crippen LogP contribution in [0.2, 0.25) is 0 Å². The third kappa shape index (κ3) is 5.31. The molecule has 1 aromatic carbocycles. The van der Waals surface area contributed by atoms with Gasteiger partial charge >= 0.3 is 6.09 Å². The fourth-order valence-electron chi connectivity index (χ4n) is 1.26. The molecule has 0 aliphatic heterocycles. The summed E-state index contributed by atoms with van der Waals surface area (Å²) in [7, 11) is 1.44. The quantitative estimate of drug-likeness (QED) is 0.827. The number of ether oxygens (including phenoxy) is 2. The Morgan fingerprint density at radius 3 is 2.71 bits per heavy atom. The van der Waals surface area contributed by atoms with E-state index in [1.54, 1.807) is 0 Å². The first-order valence-corrected chi connectivity index (χ1v) is 5.28. The van der Waals surface area contributed by atoms with Crippen molar-refractivity contribution in [1.82, 2.24) is 5.32 Å². The van der Waals surface area contributed by atoms with E-state index in [-0.39, 0.29) is 13.2 Å². The first kappa shape index (κ1) is 13.4. The molecule has 5 heteroatoms. The summed E-state index contributed by atoms with van der Waals surface area (Å²) in [4.78, 5) is 11.3. The van der Waals surface area contributed by atoms with E-state index in [9.17, 15) is 9.18 Å². The molecule has 0 bridgehead atoms. The van der Waals surface area contributed by atoms with E-state index >= 15 is 0 Å². The normalized spacial score (nSPS) is 11.9. The lowest BCUT2D eigenvalue weighted by Crippen LogP contribution is -2.39. The van der Waals surface area contributed by atoms with Crippen molar-refractivity contribution in [2.24, 2.45) is 0 Å². The molecule has 0 unspecified atom stereocenters. The van der Waals surface area contributed by atoms with Crippen molar-refractivity contribution >= 4 is 6.09 Å². The molecule has 0 aliphatic carbocycles. The van der Waals surface area contributed by atoms with E-state index in [0.717, 1.165) is 5.56 Å². The predicted molar refractivity (Wildman–Crippen MR) is 61.4 cm³/mol. The lowest BCUT2D eigenvalue weighted by molar-refractivity contribution is 0.115. The highest BCUT2D eigenvalue weighted by molar-refractivity contribution is 5.67. The lowest BCUT2D eigenvalue weighted by atomic mass is 10.2. The number of amides is 1. The number of halogens is 1. The number of nitrogens with one attached hydrogen (secondary N) is 1. The first-order valence-electron chi connectivity index (χ1n) is 5.28. The van der Waals surface area contributed by atoms with E-state index in [1.165, 1.54) is 7.11 Å². The zero-order valence-corrected chi connectivity index (χ0v) is 9.69.